The summed E-state index contributed by atoms with van der Waals surface area (Å²) in [5, 5.41) is 1.16. The van der Waals surface area contributed by atoms with Crippen LogP contribution < -0.4 is 4.74 Å². The van der Waals surface area contributed by atoms with Gasteiger partial charge in [0.2, 0.25) is 11.2 Å². The average molecular weight is 494 g/mol. The second-order valence-corrected chi connectivity index (χ2v) is 14.9. The van der Waals surface area contributed by atoms with Crippen LogP contribution >= 0.6 is 34.2 Å². The van der Waals surface area contributed by atoms with E-state index in [1.807, 2.05) is 10.8 Å². The van der Waals surface area contributed by atoms with Crippen molar-refractivity contribution in [2.24, 2.45) is 0 Å². The highest BCUT2D eigenvalue weighted by Gasteiger charge is 2.22. The summed E-state index contributed by atoms with van der Waals surface area (Å²) in [7, 11) is -1.09. The number of rotatable bonds is 7. The second kappa shape index (κ2) is 8.10. The van der Waals surface area contributed by atoms with Gasteiger partial charge in [-0.05, 0) is 65.9 Å². The third-order valence-corrected chi connectivity index (χ3v) is 7.11. The quantitative estimate of drug-likeness (QED) is 0.227. The molecule has 0 N–H and O–H groups in total. The Labute approximate surface area is 168 Å². The van der Waals surface area contributed by atoms with Gasteiger partial charge < -0.3 is 14.0 Å². The lowest BCUT2D eigenvalue weighted by atomic mass is 10.3. The molecule has 1 aliphatic carbocycles. The molecule has 1 fully saturated rings. The van der Waals surface area contributed by atoms with E-state index in [-0.39, 0.29) is 11.4 Å². The maximum atomic E-state index is 6.16. The molecular formula is C17H25ClIN3O2Si. The Morgan fingerprint density at radius 3 is 2.68 bits per heavy atom. The zero-order valence-corrected chi connectivity index (χ0v) is 18.9. The van der Waals surface area contributed by atoms with E-state index >= 15 is 0 Å². The van der Waals surface area contributed by atoms with E-state index < -0.39 is 8.07 Å². The van der Waals surface area contributed by atoms with Crippen LogP contribution in [0, 0.1) is 3.57 Å². The lowest BCUT2D eigenvalue weighted by Gasteiger charge is -2.16. The molecule has 8 heteroatoms. The minimum atomic E-state index is -1.09. The van der Waals surface area contributed by atoms with Gasteiger partial charge >= 0.3 is 0 Å². The molecule has 5 nitrogen and oxygen atoms in total. The van der Waals surface area contributed by atoms with Crippen LogP contribution in [0.2, 0.25) is 31.0 Å². The van der Waals surface area contributed by atoms with Crippen LogP contribution in [0.4, 0.5) is 0 Å². The summed E-state index contributed by atoms with van der Waals surface area (Å²) >= 11 is 8.46. The molecule has 3 rings (SSSR count). The molecule has 0 aliphatic heterocycles. The fourth-order valence-electron chi connectivity index (χ4n) is 2.97. The summed E-state index contributed by atoms with van der Waals surface area (Å²) in [5.41, 5.74) is 0.783. The van der Waals surface area contributed by atoms with E-state index in [0.717, 1.165) is 40.1 Å². The van der Waals surface area contributed by atoms with Crippen molar-refractivity contribution in [3.8, 4) is 5.88 Å². The van der Waals surface area contributed by atoms with Crippen molar-refractivity contribution in [2.45, 2.75) is 64.2 Å². The first-order valence-electron chi connectivity index (χ1n) is 8.80. The summed E-state index contributed by atoms with van der Waals surface area (Å²) in [4.78, 5) is 8.77. The number of nitrogens with zero attached hydrogens (tertiary/aromatic N) is 3. The molecule has 2 heterocycles. The maximum Gasteiger partial charge on any atom is 0.228 e. The Morgan fingerprint density at radius 2 is 2.00 bits per heavy atom. The average Bonchev–Trinajstić information content (AvgIpc) is 3.11. The summed E-state index contributed by atoms with van der Waals surface area (Å²) in [6, 6.07) is 1.15. The molecule has 0 amide bonds. The molecule has 0 spiro atoms. The molecule has 0 bridgehead atoms. The van der Waals surface area contributed by atoms with Crippen molar-refractivity contribution in [2.75, 3.05) is 6.61 Å². The first kappa shape index (κ1) is 19.4. The van der Waals surface area contributed by atoms with E-state index in [1.165, 1.54) is 12.8 Å². The number of halogens is 2. The van der Waals surface area contributed by atoms with Crippen LogP contribution in [0.25, 0.3) is 11.0 Å². The normalized spacial score (nSPS) is 16.0. The minimum absolute atomic E-state index is 0.221. The summed E-state index contributed by atoms with van der Waals surface area (Å²) in [6.07, 6.45) is 6.87. The lowest BCUT2D eigenvalue weighted by molar-refractivity contribution is 0.0898. The third-order valence-electron chi connectivity index (χ3n) is 4.42. The number of aromatic nitrogens is 3. The van der Waals surface area contributed by atoms with Crippen LogP contribution in [-0.4, -0.2) is 35.3 Å². The number of fused-ring (bicyclic) bond motifs is 1. The molecular weight excluding hydrogens is 469 g/mol. The van der Waals surface area contributed by atoms with E-state index in [1.54, 1.807) is 0 Å². The third kappa shape index (κ3) is 5.08. The number of hydrogen-bond donors (Lipinski definition) is 0. The van der Waals surface area contributed by atoms with Crippen molar-refractivity contribution < 1.29 is 9.47 Å². The smallest absolute Gasteiger partial charge is 0.228 e. The van der Waals surface area contributed by atoms with Crippen LogP contribution in [0.5, 0.6) is 5.88 Å². The molecule has 25 heavy (non-hydrogen) atoms. The van der Waals surface area contributed by atoms with Crippen LogP contribution in [-0.2, 0) is 11.5 Å². The van der Waals surface area contributed by atoms with Crippen molar-refractivity contribution in [3.63, 3.8) is 0 Å². The fraction of sp³-hybridized carbons (Fsp3) is 0.647. The summed E-state index contributed by atoms with van der Waals surface area (Å²) in [5.74, 6) is 0.604. The van der Waals surface area contributed by atoms with Gasteiger partial charge in [0.1, 0.15) is 12.8 Å². The zero-order chi connectivity index (χ0) is 18.0. The van der Waals surface area contributed by atoms with Gasteiger partial charge in [-0.15, -0.1) is 0 Å². The second-order valence-electron chi connectivity index (χ2n) is 7.82. The topological polar surface area (TPSA) is 49.2 Å². The highest BCUT2D eigenvalue weighted by Crippen LogP contribution is 2.33. The van der Waals surface area contributed by atoms with Gasteiger partial charge in [0.15, 0.2) is 5.65 Å². The standard InChI is InChI=1S/C17H25ClIN3O2Si/c1-25(2,3)9-8-23-11-22-10-13(19)14-15(22)20-17(18)21-16(14)24-12-6-4-5-7-12/h10,12H,4-9,11H2,1-3H3. The van der Waals surface area contributed by atoms with Crippen LogP contribution in [0.15, 0.2) is 6.20 Å². The Hall–Kier alpha value is -0.383. The summed E-state index contributed by atoms with van der Waals surface area (Å²) in [6.45, 7) is 8.30. The van der Waals surface area contributed by atoms with Gasteiger partial charge in [0.05, 0.1) is 5.39 Å². The SMILES string of the molecule is C[Si](C)(C)CCOCn1cc(I)c2c(OC3CCCC3)nc(Cl)nc21. The molecule has 1 aliphatic rings. The molecule has 138 valence electrons. The maximum absolute atomic E-state index is 6.16. The monoisotopic (exact) mass is 493 g/mol. The van der Waals surface area contributed by atoms with Gasteiger partial charge in [-0.2, -0.15) is 9.97 Å². The molecule has 0 atom stereocenters. The zero-order valence-electron chi connectivity index (χ0n) is 15.0. The fourth-order valence-corrected chi connectivity index (χ4v) is 4.69. The highest BCUT2D eigenvalue weighted by atomic mass is 127. The Balaban J connectivity index is 1.79. The summed E-state index contributed by atoms with van der Waals surface area (Å²) < 4.78 is 15.1. The van der Waals surface area contributed by atoms with Crippen molar-refractivity contribution in [1.29, 1.82) is 0 Å². The first-order chi connectivity index (χ1) is 11.8. The van der Waals surface area contributed by atoms with Crippen LogP contribution in [0.1, 0.15) is 25.7 Å². The largest absolute Gasteiger partial charge is 0.474 e. The molecule has 2 aromatic rings. The molecule has 1 saturated carbocycles. The van der Waals surface area contributed by atoms with Crippen molar-refractivity contribution >= 4 is 53.3 Å². The first-order valence-corrected chi connectivity index (χ1v) is 14.0. The van der Waals surface area contributed by atoms with Gasteiger partial charge in [0.25, 0.3) is 0 Å². The molecule has 0 saturated heterocycles. The predicted octanol–water partition coefficient (Wildman–Crippen LogP) is 5.32. The molecule has 2 aromatic heterocycles. The molecule has 0 aromatic carbocycles. The molecule has 0 unspecified atom stereocenters. The van der Waals surface area contributed by atoms with Gasteiger partial charge in [-0.25, -0.2) is 0 Å². The van der Waals surface area contributed by atoms with Crippen LogP contribution in [0.3, 0.4) is 0 Å². The van der Waals surface area contributed by atoms with E-state index in [4.69, 9.17) is 21.1 Å². The van der Waals surface area contributed by atoms with Crippen molar-refractivity contribution in [3.05, 3.63) is 15.1 Å². The minimum Gasteiger partial charge on any atom is -0.474 e. The Morgan fingerprint density at radius 1 is 1.28 bits per heavy atom. The van der Waals surface area contributed by atoms with E-state index in [0.29, 0.717) is 12.6 Å². The lowest BCUT2D eigenvalue weighted by Crippen LogP contribution is -2.22. The van der Waals surface area contributed by atoms with Crippen molar-refractivity contribution in [1.82, 2.24) is 14.5 Å². The van der Waals surface area contributed by atoms with Gasteiger partial charge in [-0.3, -0.25) is 0 Å². The van der Waals surface area contributed by atoms with Gasteiger partial charge in [0, 0.05) is 24.4 Å². The van der Waals surface area contributed by atoms with E-state index in [2.05, 4.69) is 52.2 Å². The van der Waals surface area contributed by atoms with E-state index in [9.17, 15) is 0 Å². The number of hydrogen-bond acceptors (Lipinski definition) is 4. The number of ether oxygens (including phenoxy) is 2. The Bertz CT molecular complexity index is 742. The Kier molecular flexibility index (Phi) is 6.28. The highest BCUT2D eigenvalue weighted by molar-refractivity contribution is 14.1. The van der Waals surface area contributed by atoms with Gasteiger partial charge in [-0.1, -0.05) is 19.6 Å². The predicted molar refractivity (Wildman–Crippen MR) is 112 cm³/mol. The molecule has 0 radical (unpaired) electrons.